The number of hydrogen-bond acceptors (Lipinski definition) is 4. The highest BCUT2D eigenvalue weighted by Gasteiger charge is 2.25. The van der Waals surface area contributed by atoms with Crippen LogP contribution < -0.4 is 4.90 Å². The minimum Gasteiger partial charge on any atom is -0.370 e. The Kier molecular flexibility index (Phi) is 4.03. The molecule has 0 radical (unpaired) electrons. The molecular formula is C15H15ClFN3O. The van der Waals surface area contributed by atoms with Crippen molar-refractivity contribution < 1.29 is 9.13 Å². The van der Waals surface area contributed by atoms with E-state index in [9.17, 15) is 4.39 Å². The number of hydrogen-bond donors (Lipinski definition) is 0. The van der Waals surface area contributed by atoms with Gasteiger partial charge in [0.05, 0.1) is 13.2 Å². The summed E-state index contributed by atoms with van der Waals surface area (Å²) in [7, 11) is 0. The summed E-state index contributed by atoms with van der Waals surface area (Å²) in [6.07, 6.45) is 1.53. The summed E-state index contributed by atoms with van der Waals surface area (Å²) >= 11 is 6.11. The molecule has 1 aromatic carbocycles. The minimum atomic E-state index is -0.349. The number of ether oxygens (including phenoxy) is 1. The monoisotopic (exact) mass is 307 g/mol. The molecule has 4 nitrogen and oxygen atoms in total. The van der Waals surface area contributed by atoms with Crippen LogP contribution in [0.25, 0.3) is 0 Å². The van der Waals surface area contributed by atoms with Crippen LogP contribution in [0.2, 0.25) is 5.02 Å². The van der Waals surface area contributed by atoms with Gasteiger partial charge in [-0.05, 0) is 25.1 Å². The molecule has 0 saturated carbocycles. The fourth-order valence-electron chi connectivity index (χ4n) is 2.37. The second-order valence-electron chi connectivity index (χ2n) is 4.97. The third-order valence-corrected chi connectivity index (χ3v) is 3.77. The van der Waals surface area contributed by atoms with Crippen LogP contribution in [0.3, 0.4) is 0 Å². The van der Waals surface area contributed by atoms with Crippen LogP contribution in [-0.2, 0) is 4.74 Å². The van der Waals surface area contributed by atoms with Gasteiger partial charge in [-0.3, -0.25) is 0 Å². The summed E-state index contributed by atoms with van der Waals surface area (Å²) in [4.78, 5) is 10.8. The van der Waals surface area contributed by atoms with E-state index in [-0.39, 0.29) is 11.9 Å². The van der Waals surface area contributed by atoms with Crippen molar-refractivity contribution in [3.05, 3.63) is 52.6 Å². The van der Waals surface area contributed by atoms with Gasteiger partial charge in [0, 0.05) is 29.0 Å². The molecule has 110 valence electrons. The predicted octanol–water partition coefficient (Wildman–Crippen LogP) is 3.16. The Morgan fingerprint density at radius 1 is 1.38 bits per heavy atom. The SMILES string of the molecule is Cc1ccnc(N2CCO[C@H](c3ccc(F)cc3Cl)C2)n1. The lowest BCUT2D eigenvalue weighted by Gasteiger charge is -2.33. The Balaban J connectivity index is 1.82. The number of halogens is 2. The van der Waals surface area contributed by atoms with E-state index in [1.807, 2.05) is 13.0 Å². The normalized spacial score (nSPS) is 18.8. The fraction of sp³-hybridized carbons (Fsp3) is 0.333. The van der Waals surface area contributed by atoms with Gasteiger partial charge in [0.25, 0.3) is 0 Å². The first-order valence-corrected chi connectivity index (χ1v) is 7.12. The van der Waals surface area contributed by atoms with Crippen LogP contribution in [0.4, 0.5) is 10.3 Å². The number of morpholine rings is 1. The maximum Gasteiger partial charge on any atom is 0.225 e. The first kappa shape index (κ1) is 14.2. The average molecular weight is 308 g/mol. The summed E-state index contributed by atoms with van der Waals surface area (Å²) in [6.45, 7) is 3.79. The molecular weight excluding hydrogens is 293 g/mol. The molecule has 0 spiro atoms. The zero-order valence-corrected chi connectivity index (χ0v) is 12.3. The molecule has 21 heavy (non-hydrogen) atoms. The first-order chi connectivity index (χ1) is 10.1. The third kappa shape index (κ3) is 3.14. The standard InChI is InChI=1S/C15H15ClFN3O/c1-10-4-5-18-15(19-10)20-6-7-21-14(9-20)12-3-2-11(17)8-13(12)16/h2-5,8,14H,6-7,9H2,1H3/t14-/m0/s1. The van der Waals surface area contributed by atoms with Crippen molar-refractivity contribution in [3.8, 4) is 0 Å². The number of aryl methyl sites for hydroxylation is 1. The van der Waals surface area contributed by atoms with Gasteiger partial charge < -0.3 is 9.64 Å². The van der Waals surface area contributed by atoms with Crippen molar-refractivity contribution in [2.75, 3.05) is 24.6 Å². The highest BCUT2D eigenvalue weighted by atomic mass is 35.5. The van der Waals surface area contributed by atoms with Crippen molar-refractivity contribution in [3.63, 3.8) is 0 Å². The molecule has 2 aromatic rings. The molecule has 0 unspecified atom stereocenters. The van der Waals surface area contributed by atoms with Crippen LogP contribution in [0.5, 0.6) is 0 Å². The number of aromatic nitrogens is 2. The predicted molar refractivity (Wildman–Crippen MR) is 79.1 cm³/mol. The number of nitrogens with zero attached hydrogens (tertiary/aromatic N) is 3. The Morgan fingerprint density at radius 2 is 2.24 bits per heavy atom. The molecule has 1 atom stereocenters. The Hall–Kier alpha value is -1.72. The van der Waals surface area contributed by atoms with Crippen molar-refractivity contribution in [2.24, 2.45) is 0 Å². The van der Waals surface area contributed by atoms with E-state index in [4.69, 9.17) is 16.3 Å². The van der Waals surface area contributed by atoms with Gasteiger partial charge in [0.1, 0.15) is 11.9 Å². The summed E-state index contributed by atoms with van der Waals surface area (Å²) in [5, 5.41) is 0.381. The lowest BCUT2D eigenvalue weighted by Crippen LogP contribution is -2.39. The summed E-state index contributed by atoms with van der Waals surface area (Å²) < 4.78 is 18.9. The molecule has 2 heterocycles. The summed E-state index contributed by atoms with van der Waals surface area (Å²) in [6, 6.07) is 6.23. The summed E-state index contributed by atoms with van der Waals surface area (Å²) in [5.41, 5.74) is 1.71. The number of rotatable bonds is 2. The topological polar surface area (TPSA) is 38.2 Å². The molecule has 0 amide bonds. The van der Waals surface area contributed by atoms with Crippen molar-refractivity contribution in [1.29, 1.82) is 0 Å². The van der Waals surface area contributed by atoms with Crippen molar-refractivity contribution in [2.45, 2.75) is 13.0 Å². The van der Waals surface area contributed by atoms with Gasteiger partial charge in [-0.15, -0.1) is 0 Å². The molecule has 0 aliphatic carbocycles. The second-order valence-corrected chi connectivity index (χ2v) is 5.38. The van der Waals surface area contributed by atoms with Gasteiger partial charge >= 0.3 is 0 Å². The molecule has 6 heteroatoms. The third-order valence-electron chi connectivity index (χ3n) is 3.44. The Bertz CT molecular complexity index is 653. The molecule has 1 fully saturated rings. The lowest BCUT2D eigenvalue weighted by atomic mass is 10.1. The lowest BCUT2D eigenvalue weighted by molar-refractivity contribution is 0.0392. The first-order valence-electron chi connectivity index (χ1n) is 6.74. The fourth-order valence-corrected chi connectivity index (χ4v) is 2.66. The zero-order chi connectivity index (χ0) is 14.8. The largest absolute Gasteiger partial charge is 0.370 e. The van der Waals surface area contributed by atoms with Crippen molar-refractivity contribution >= 4 is 17.5 Å². The highest BCUT2D eigenvalue weighted by Crippen LogP contribution is 2.30. The average Bonchev–Trinajstić information content (AvgIpc) is 2.47. The quantitative estimate of drug-likeness (QED) is 0.854. The smallest absolute Gasteiger partial charge is 0.225 e. The maximum absolute atomic E-state index is 13.1. The van der Waals surface area contributed by atoms with E-state index in [2.05, 4.69) is 14.9 Å². The van der Waals surface area contributed by atoms with Crippen LogP contribution in [-0.4, -0.2) is 29.7 Å². The van der Waals surface area contributed by atoms with Gasteiger partial charge in [0.15, 0.2) is 0 Å². The van der Waals surface area contributed by atoms with E-state index in [1.165, 1.54) is 12.1 Å². The van der Waals surface area contributed by atoms with Crippen LogP contribution in [0.15, 0.2) is 30.5 Å². The molecule has 0 bridgehead atoms. The van der Waals surface area contributed by atoms with E-state index in [0.29, 0.717) is 24.1 Å². The van der Waals surface area contributed by atoms with E-state index in [0.717, 1.165) is 17.8 Å². The minimum absolute atomic E-state index is 0.212. The van der Waals surface area contributed by atoms with Crippen molar-refractivity contribution in [1.82, 2.24) is 9.97 Å². The molecule has 0 N–H and O–H groups in total. The van der Waals surface area contributed by atoms with Gasteiger partial charge in [-0.1, -0.05) is 17.7 Å². The molecule has 1 saturated heterocycles. The van der Waals surface area contributed by atoms with E-state index < -0.39 is 0 Å². The van der Waals surface area contributed by atoms with Crippen LogP contribution in [0.1, 0.15) is 17.4 Å². The Labute approximate surface area is 127 Å². The van der Waals surface area contributed by atoms with Crippen LogP contribution in [0, 0.1) is 12.7 Å². The van der Waals surface area contributed by atoms with Crippen LogP contribution >= 0.6 is 11.6 Å². The van der Waals surface area contributed by atoms with E-state index in [1.54, 1.807) is 12.3 Å². The van der Waals surface area contributed by atoms with Gasteiger partial charge in [0.2, 0.25) is 5.95 Å². The second kappa shape index (κ2) is 5.95. The molecule has 1 aromatic heterocycles. The zero-order valence-electron chi connectivity index (χ0n) is 11.6. The molecule has 1 aliphatic heterocycles. The van der Waals surface area contributed by atoms with Gasteiger partial charge in [-0.25, -0.2) is 14.4 Å². The maximum atomic E-state index is 13.1. The Morgan fingerprint density at radius 3 is 3.00 bits per heavy atom. The summed E-state index contributed by atoms with van der Waals surface area (Å²) in [5.74, 6) is 0.333. The molecule has 3 rings (SSSR count). The van der Waals surface area contributed by atoms with E-state index >= 15 is 0 Å². The van der Waals surface area contributed by atoms with Gasteiger partial charge in [-0.2, -0.15) is 0 Å². The number of benzene rings is 1. The molecule has 1 aliphatic rings. The number of anilines is 1. The highest BCUT2D eigenvalue weighted by molar-refractivity contribution is 6.31.